The average Bonchev–Trinajstić information content (AvgIpc) is 2.55. The Labute approximate surface area is 146 Å². The van der Waals surface area contributed by atoms with Crippen molar-refractivity contribution < 1.29 is 14.7 Å². The van der Waals surface area contributed by atoms with Crippen LogP contribution in [0.15, 0.2) is 30.3 Å². The number of amides is 1. The normalized spacial score (nSPS) is 17.7. The SMILES string of the molecule is O=C(O)CCCN(Cc1ccccc1)C(=O)CC1CSCCS1. The highest BCUT2D eigenvalue weighted by Gasteiger charge is 2.22. The Balaban J connectivity index is 1.93. The molecular weight excluding hydrogens is 330 g/mol. The van der Waals surface area contributed by atoms with Crippen LogP contribution in [0, 0.1) is 0 Å². The molecule has 4 nitrogen and oxygen atoms in total. The Morgan fingerprint density at radius 3 is 2.65 bits per heavy atom. The van der Waals surface area contributed by atoms with E-state index in [4.69, 9.17) is 5.11 Å². The average molecular weight is 354 g/mol. The van der Waals surface area contributed by atoms with Crippen molar-refractivity contribution in [3.8, 4) is 0 Å². The Morgan fingerprint density at radius 1 is 1.22 bits per heavy atom. The molecule has 6 heteroatoms. The Kier molecular flexibility index (Phi) is 7.82. The first kappa shape index (κ1) is 18.2. The number of rotatable bonds is 8. The van der Waals surface area contributed by atoms with Gasteiger partial charge in [-0.05, 0) is 12.0 Å². The third-order valence-electron chi connectivity index (χ3n) is 3.67. The van der Waals surface area contributed by atoms with Gasteiger partial charge in [0.25, 0.3) is 0 Å². The van der Waals surface area contributed by atoms with Gasteiger partial charge in [0.15, 0.2) is 0 Å². The molecule has 0 aliphatic carbocycles. The number of benzene rings is 1. The lowest BCUT2D eigenvalue weighted by atomic mass is 10.2. The minimum atomic E-state index is -0.809. The quantitative estimate of drug-likeness (QED) is 0.778. The van der Waals surface area contributed by atoms with Crippen molar-refractivity contribution >= 4 is 35.4 Å². The van der Waals surface area contributed by atoms with Gasteiger partial charge < -0.3 is 10.0 Å². The standard InChI is InChI=1S/C17H23NO3S2/c19-16(11-15-13-22-9-10-23-15)18(8-4-7-17(20)21)12-14-5-2-1-3-6-14/h1-3,5-6,15H,4,7-13H2,(H,20,21). The largest absolute Gasteiger partial charge is 0.481 e. The van der Waals surface area contributed by atoms with Gasteiger partial charge in [0.05, 0.1) is 0 Å². The number of thioether (sulfide) groups is 2. The zero-order valence-electron chi connectivity index (χ0n) is 13.1. The molecule has 1 atom stereocenters. The number of carboxylic acids is 1. The van der Waals surface area contributed by atoms with E-state index in [1.54, 1.807) is 0 Å². The number of hydrogen-bond donors (Lipinski definition) is 1. The van der Waals surface area contributed by atoms with Crippen LogP contribution in [0.1, 0.15) is 24.8 Å². The lowest BCUT2D eigenvalue weighted by Gasteiger charge is -2.26. The maximum atomic E-state index is 12.6. The summed E-state index contributed by atoms with van der Waals surface area (Å²) in [4.78, 5) is 25.2. The van der Waals surface area contributed by atoms with Crippen LogP contribution >= 0.6 is 23.5 Å². The molecule has 0 bridgehead atoms. The number of carbonyl (C=O) groups excluding carboxylic acids is 1. The minimum Gasteiger partial charge on any atom is -0.481 e. The van der Waals surface area contributed by atoms with Gasteiger partial charge in [0.2, 0.25) is 5.91 Å². The smallest absolute Gasteiger partial charge is 0.303 e. The highest BCUT2D eigenvalue weighted by Crippen LogP contribution is 2.27. The van der Waals surface area contributed by atoms with Gasteiger partial charge in [-0.1, -0.05) is 30.3 Å². The number of aliphatic carboxylic acids is 1. The summed E-state index contributed by atoms with van der Waals surface area (Å²) in [6, 6.07) is 9.88. The molecule has 23 heavy (non-hydrogen) atoms. The number of carboxylic acid groups (broad SMARTS) is 1. The molecule has 1 fully saturated rings. The fourth-order valence-corrected chi connectivity index (χ4v) is 5.17. The molecule has 0 aromatic heterocycles. The fraction of sp³-hybridized carbons (Fsp3) is 0.529. The van der Waals surface area contributed by atoms with Crippen LogP contribution in [-0.4, -0.2) is 50.9 Å². The maximum Gasteiger partial charge on any atom is 0.303 e. The van der Waals surface area contributed by atoms with E-state index in [1.807, 2.05) is 58.8 Å². The Bertz CT molecular complexity index is 504. The van der Waals surface area contributed by atoms with E-state index < -0.39 is 5.97 Å². The van der Waals surface area contributed by atoms with Crippen molar-refractivity contribution in [3.63, 3.8) is 0 Å². The predicted molar refractivity (Wildman–Crippen MR) is 96.9 cm³/mol. The van der Waals surface area contributed by atoms with Crippen LogP contribution in [0.25, 0.3) is 0 Å². The first-order valence-corrected chi connectivity index (χ1v) is 10.1. The van der Waals surface area contributed by atoms with E-state index in [-0.39, 0.29) is 12.3 Å². The van der Waals surface area contributed by atoms with Crippen LogP contribution < -0.4 is 0 Å². The topological polar surface area (TPSA) is 57.6 Å². The first-order valence-electron chi connectivity index (χ1n) is 7.88. The summed E-state index contributed by atoms with van der Waals surface area (Å²) in [5, 5.41) is 9.19. The summed E-state index contributed by atoms with van der Waals surface area (Å²) in [5.41, 5.74) is 1.09. The molecule has 1 aromatic rings. The molecule has 0 radical (unpaired) electrons. The number of carbonyl (C=O) groups is 2. The molecule has 1 aromatic carbocycles. The lowest BCUT2D eigenvalue weighted by Crippen LogP contribution is -2.34. The minimum absolute atomic E-state index is 0.104. The van der Waals surface area contributed by atoms with Crippen molar-refractivity contribution in [2.24, 2.45) is 0 Å². The van der Waals surface area contributed by atoms with Crippen LogP contribution in [-0.2, 0) is 16.1 Å². The molecule has 1 unspecified atom stereocenters. The lowest BCUT2D eigenvalue weighted by molar-refractivity contribution is -0.138. The molecule has 2 rings (SSSR count). The molecule has 1 N–H and O–H groups in total. The van der Waals surface area contributed by atoms with Gasteiger partial charge in [-0.3, -0.25) is 9.59 Å². The second-order valence-corrected chi connectivity index (χ2v) is 8.13. The van der Waals surface area contributed by atoms with Crippen LogP contribution in [0.3, 0.4) is 0 Å². The van der Waals surface area contributed by atoms with Gasteiger partial charge in [-0.25, -0.2) is 0 Å². The summed E-state index contributed by atoms with van der Waals surface area (Å²) >= 11 is 3.79. The second kappa shape index (κ2) is 9.88. The van der Waals surface area contributed by atoms with E-state index in [0.717, 1.165) is 17.1 Å². The van der Waals surface area contributed by atoms with E-state index in [9.17, 15) is 9.59 Å². The second-order valence-electron chi connectivity index (χ2n) is 5.57. The van der Waals surface area contributed by atoms with Crippen molar-refractivity contribution in [2.75, 3.05) is 23.8 Å². The highest BCUT2D eigenvalue weighted by molar-refractivity contribution is 8.06. The molecule has 0 saturated carbocycles. The number of hydrogen-bond acceptors (Lipinski definition) is 4. The fourth-order valence-electron chi connectivity index (χ4n) is 2.50. The van der Waals surface area contributed by atoms with Crippen LogP contribution in [0.5, 0.6) is 0 Å². The molecule has 0 spiro atoms. The summed E-state index contributed by atoms with van der Waals surface area (Å²) in [6.07, 6.45) is 1.16. The zero-order chi connectivity index (χ0) is 16.5. The monoisotopic (exact) mass is 353 g/mol. The van der Waals surface area contributed by atoms with Gasteiger partial charge in [-0.2, -0.15) is 23.5 Å². The molecule has 1 aliphatic rings. The van der Waals surface area contributed by atoms with Crippen molar-refractivity contribution in [1.82, 2.24) is 4.90 Å². The molecule has 1 amide bonds. The van der Waals surface area contributed by atoms with E-state index in [2.05, 4.69) is 0 Å². The molecule has 1 aliphatic heterocycles. The Morgan fingerprint density at radius 2 is 2.00 bits per heavy atom. The molecule has 1 saturated heterocycles. The van der Waals surface area contributed by atoms with Gasteiger partial charge >= 0.3 is 5.97 Å². The number of nitrogens with zero attached hydrogens (tertiary/aromatic N) is 1. The van der Waals surface area contributed by atoms with Gasteiger partial charge in [-0.15, -0.1) is 0 Å². The summed E-state index contributed by atoms with van der Waals surface area (Å²) in [5.74, 6) is 2.64. The summed E-state index contributed by atoms with van der Waals surface area (Å²) < 4.78 is 0. The summed E-state index contributed by atoms with van der Waals surface area (Å²) in [6.45, 7) is 1.06. The maximum absolute atomic E-state index is 12.6. The van der Waals surface area contributed by atoms with E-state index >= 15 is 0 Å². The van der Waals surface area contributed by atoms with Crippen molar-refractivity contribution in [2.45, 2.75) is 31.1 Å². The summed E-state index contributed by atoms with van der Waals surface area (Å²) in [7, 11) is 0. The van der Waals surface area contributed by atoms with Gasteiger partial charge in [0.1, 0.15) is 0 Å². The Hall–Kier alpha value is -1.14. The molecular formula is C17H23NO3S2. The van der Waals surface area contributed by atoms with Crippen molar-refractivity contribution in [1.29, 1.82) is 0 Å². The molecule has 1 heterocycles. The van der Waals surface area contributed by atoms with E-state index in [1.165, 1.54) is 5.75 Å². The van der Waals surface area contributed by atoms with Gasteiger partial charge in [0, 0.05) is 48.4 Å². The van der Waals surface area contributed by atoms with Crippen molar-refractivity contribution in [3.05, 3.63) is 35.9 Å². The predicted octanol–water partition coefficient (Wildman–Crippen LogP) is 3.12. The zero-order valence-corrected chi connectivity index (χ0v) is 14.8. The third kappa shape index (κ3) is 6.87. The third-order valence-corrected chi connectivity index (χ3v) is 6.52. The van der Waals surface area contributed by atoms with Crippen LogP contribution in [0.2, 0.25) is 0 Å². The molecule has 126 valence electrons. The van der Waals surface area contributed by atoms with Crippen LogP contribution in [0.4, 0.5) is 0 Å². The highest BCUT2D eigenvalue weighted by atomic mass is 32.2. The first-order chi connectivity index (χ1) is 11.1. The van der Waals surface area contributed by atoms with E-state index in [0.29, 0.717) is 31.2 Å².